The molecule has 2 aliphatic rings. The highest BCUT2D eigenvalue weighted by Gasteiger charge is 2.30. The van der Waals surface area contributed by atoms with Gasteiger partial charge in [0.05, 0.1) is 30.7 Å². The van der Waals surface area contributed by atoms with Gasteiger partial charge in [-0.05, 0) is 19.1 Å². The molecule has 2 saturated heterocycles. The standard InChI is InChI=1S/C19H28N4O5S/c1-16(20-29(26,27)17-5-3-2-4-6-17)19(25)23-9-7-22(8-10-23)18(24)15-21-11-13-28-14-12-21/h2-6,16,20H,7-15H2,1H3/t16-/m0/s1. The number of rotatable bonds is 6. The first-order valence-electron chi connectivity index (χ1n) is 9.81. The summed E-state index contributed by atoms with van der Waals surface area (Å²) in [6, 6.07) is 7.09. The number of nitrogens with one attached hydrogen (secondary N) is 1. The lowest BCUT2D eigenvalue weighted by atomic mass is 10.2. The molecule has 2 amide bonds. The van der Waals surface area contributed by atoms with Crippen molar-refractivity contribution >= 4 is 21.8 Å². The number of carbonyl (C=O) groups is 2. The number of ether oxygens (including phenoxy) is 1. The molecule has 9 nitrogen and oxygen atoms in total. The van der Waals surface area contributed by atoms with Gasteiger partial charge in [0.25, 0.3) is 0 Å². The van der Waals surface area contributed by atoms with Gasteiger partial charge in [0.15, 0.2) is 0 Å². The van der Waals surface area contributed by atoms with Gasteiger partial charge in [0.2, 0.25) is 21.8 Å². The molecular formula is C19H28N4O5S. The van der Waals surface area contributed by atoms with Crippen molar-refractivity contribution in [1.29, 1.82) is 0 Å². The van der Waals surface area contributed by atoms with Crippen molar-refractivity contribution in [2.75, 3.05) is 59.0 Å². The maximum Gasteiger partial charge on any atom is 0.241 e. The number of amides is 2. The van der Waals surface area contributed by atoms with Crippen molar-refractivity contribution in [3.05, 3.63) is 30.3 Å². The van der Waals surface area contributed by atoms with E-state index >= 15 is 0 Å². The lowest BCUT2D eigenvalue weighted by molar-refractivity contribution is -0.141. The summed E-state index contributed by atoms with van der Waals surface area (Å²) in [5, 5.41) is 0. The number of benzene rings is 1. The molecule has 2 aliphatic heterocycles. The zero-order valence-corrected chi connectivity index (χ0v) is 17.4. The lowest BCUT2D eigenvalue weighted by Gasteiger charge is -2.37. The zero-order chi connectivity index (χ0) is 20.9. The van der Waals surface area contributed by atoms with Gasteiger partial charge in [-0.1, -0.05) is 18.2 Å². The van der Waals surface area contributed by atoms with E-state index in [-0.39, 0.29) is 16.7 Å². The van der Waals surface area contributed by atoms with E-state index in [1.165, 1.54) is 12.1 Å². The third-order valence-corrected chi connectivity index (χ3v) is 6.72. The monoisotopic (exact) mass is 424 g/mol. The van der Waals surface area contributed by atoms with E-state index in [1.807, 2.05) is 0 Å². The predicted molar refractivity (Wildman–Crippen MR) is 107 cm³/mol. The van der Waals surface area contributed by atoms with Crippen LogP contribution in [0.3, 0.4) is 0 Å². The number of hydrogen-bond donors (Lipinski definition) is 1. The maximum absolute atomic E-state index is 12.7. The SMILES string of the molecule is C[C@H](NS(=O)(=O)c1ccccc1)C(=O)N1CCN(C(=O)CN2CCOCC2)CC1. The van der Waals surface area contributed by atoms with E-state index < -0.39 is 16.1 Å². The van der Waals surface area contributed by atoms with E-state index in [2.05, 4.69) is 9.62 Å². The molecule has 2 fully saturated rings. The fraction of sp³-hybridized carbons (Fsp3) is 0.579. The molecule has 0 aromatic heterocycles. The summed E-state index contributed by atoms with van der Waals surface area (Å²) < 4.78 is 32.6. The minimum atomic E-state index is -3.76. The maximum atomic E-state index is 12.7. The number of sulfonamides is 1. The van der Waals surface area contributed by atoms with Gasteiger partial charge in [-0.25, -0.2) is 8.42 Å². The Hall–Kier alpha value is -2.01. The van der Waals surface area contributed by atoms with Crippen LogP contribution in [0.25, 0.3) is 0 Å². The third-order valence-electron chi connectivity index (χ3n) is 5.16. The summed E-state index contributed by atoms with van der Waals surface area (Å²) in [5.74, 6) is -0.235. The Balaban J connectivity index is 1.48. The quantitative estimate of drug-likeness (QED) is 0.652. The Labute approximate surface area is 171 Å². The minimum Gasteiger partial charge on any atom is -0.379 e. The van der Waals surface area contributed by atoms with Crippen molar-refractivity contribution in [2.24, 2.45) is 0 Å². The first-order chi connectivity index (χ1) is 13.9. The van der Waals surface area contributed by atoms with Crippen LogP contribution in [0.4, 0.5) is 0 Å². The number of hydrogen-bond acceptors (Lipinski definition) is 6. The van der Waals surface area contributed by atoms with Gasteiger partial charge in [0.1, 0.15) is 0 Å². The molecule has 29 heavy (non-hydrogen) atoms. The highest BCUT2D eigenvalue weighted by molar-refractivity contribution is 7.89. The Bertz CT molecular complexity index is 803. The molecule has 1 aromatic rings. The second kappa shape index (κ2) is 9.66. The molecule has 1 N–H and O–H groups in total. The van der Waals surface area contributed by atoms with E-state index in [1.54, 1.807) is 34.9 Å². The van der Waals surface area contributed by atoms with Crippen molar-refractivity contribution in [2.45, 2.75) is 17.9 Å². The predicted octanol–water partition coefficient (Wildman–Crippen LogP) is -0.644. The van der Waals surface area contributed by atoms with Gasteiger partial charge in [-0.3, -0.25) is 14.5 Å². The normalized spacial score (nSPS) is 19.8. The highest BCUT2D eigenvalue weighted by Crippen LogP contribution is 2.10. The number of piperazine rings is 1. The molecular weight excluding hydrogens is 396 g/mol. The Morgan fingerprint density at radius 1 is 1.00 bits per heavy atom. The molecule has 0 bridgehead atoms. The zero-order valence-electron chi connectivity index (χ0n) is 16.6. The number of nitrogens with zero attached hydrogens (tertiary/aromatic N) is 3. The Morgan fingerprint density at radius 3 is 2.21 bits per heavy atom. The topological polar surface area (TPSA) is 99.3 Å². The number of carbonyl (C=O) groups excluding carboxylic acids is 2. The van der Waals surface area contributed by atoms with Gasteiger partial charge in [-0.15, -0.1) is 0 Å². The first kappa shape index (κ1) is 21.7. The van der Waals surface area contributed by atoms with Crippen LogP contribution < -0.4 is 4.72 Å². The average molecular weight is 425 g/mol. The molecule has 160 valence electrons. The van der Waals surface area contributed by atoms with E-state index in [9.17, 15) is 18.0 Å². The average Bonchev–Trinajstić information content (AvgIpc) is 2.74. The minimum absolute atomic E-state index is 0.0526. The molecule has 2 heterocycles. The summed E-state index contributed by atoms with van der Waals surface area (Å²) in [6.07, 6.45) is 0. The van der Waals surface area contributed by atoms with Crippen molar-refractivity contribution in [3.63, 3.8) is 0 Å². The molecule has 3 rings (SSSR count). The summed E-state index contributed by atoms with van der Waals surface area (Å²) in [4.78, 5) is 30.7. The Kier molecular flexibility index (Phi) is 7.23. The highest BCUT2D eigenvalue weighted by atomic mass is 32.2. The third kappa shape index (κ3) is 5.75. The van der Waals surface area contributed by atoms with Gasteiger partial charge in [0, 0.05) is 39.3 Å². The van der Waals surface area contributed by atoms with Crippen molar-refractivity contribution in [3.8, 4) is 0 Å². The van der Waals surface area contributed by atoms with Crippen LogP contribution in [0.15, 0.2) is 35.2 Å². The Morgan fingerprint density at radius 2 is 1.59 bits per heavy atom. The lowest BCUT2D eigenvalue weighted by Crippen LogP contribution is -2.56. The summed E-state index contributed by atoms with van der Waals surface area (Å²) in [5.41, 5.74) is 0. The van der Waals surface area contributed by atoms with E-state index in [0.717, 1.165) is 13.1 Å². The summed E-state index contributed by atoms with van der Waals surface area (Å²) >= 11 is 0. The van der Waals surface area contributed by atoms with Crippen LogP contribution in [-0.4, -0.2) is 100 Å². The van der Waals surface area contributed by atoms with Crippen LogP contribution >= 0.6 is 0 Å². The summed E-state index contributed by atoms with van der Waals surface area (Å²) in [6.45, 7) is 6.39. The molecule has 1 aromatic carbocycles. The van der Waals surface area contributed by atoms with Crippen LogP contribution in [0.1, 0.15) is 6.92 Å². The molecule has 0 spiro atoms. The van der Waals surface area contributed by atoms with Crippen LogP contribution in [-0.2, 0) is 24.3 Å². The van der Waals surface area contributed by atoms with Crippen LogP contribution in [0.5, 0.6) is 0 Å². The van der Waals surface area contributed by atoms with E-state index in [0.29, 0.717) is 45.9 Å². The molecule has 1 atom stereocenters. The van der Waals surface area contributed by atoms with Crippen molar-refractivity contribution < 1.29 is 22.7 Å². The fourth-order valence-electron chi connectivity index (χ4n) is 3.45. The molecule has 10 heteroatoms. The molecule has 0 aliphatic carbocycles. The van der Waals surface area contributed by atoms with Gasteiger partial charge < -0.3 is 14.5 Å². The molecule has 0 saturated carbocycles. The van der Waals surface area contributed by atoms with Gasteiger partial charge in [-0.2, -0.15) is 4.72 Å². The smallest absolute Gasteiger partial charge is 0.241 e. The molecule has 0 unspecified atom stereocenters. The summed E-state index contributed by atoms with van der Waals surface area (Å²) in [7, 11) is -3.76. The van der Waals surface area contributed by atoms with Gasteiger partial charge >= 0.3 is 0 Å². The second-order valence-electron chi connectivity index (χ2n) is 7.25. The largest absolute Gasteiger partial charge is 0.379 e. The van der Waals surface area contributed by atoms with Crippen molar-refractivity contribution in [1.82, 2.24) is 19.4 Å². The van der Waals surface area contributed by atoms with Crippen LogP contribution in [0.2, 0.25) is 0 Å². The second-order valence-corrected chi connectivity index (χ2v) is 8.96. The van der Waals surface area contributed by atoms with Crippen LogP contribution in [0, 0.1) is 0 Å². The number of morpholine rings is 1. The molecule has 0 radical (unpaired) electrons. The fourth-order valence-corrected chi connectivity index (χ4v) is 4.67. The van der Waals surface area contributed by atoms with E-state index in [4.69, 9.17) is 4.74 Å². The first-order valence-corrected chi connectivity index (χ1v) is 11.3.